The number of hydrogen-bond acceptors (Lipinski definition) is 5. The molecule has 0 fully saturated rings. The highest BCUT2D eigenvalue weighted by Gasteiger charge is 2.15. The zero-order chi connectivity index (χ0) is 26.8. The van der Waals surface area contributed by atoms with Crippen LogP contribution in [0.25, 0.3) is 6.08 Å². The number of carbonyl (C=O) groups is 2. The van der Waals surface area contributed by atoms with Gasteiger partial charge in [0.1, 0.15) is 11.5 Å². The Kier molecular flexibility index (Phi) is 9.55. The summed E-state index contributed by atoms with van der Waals surface area (Å²) in [6, 6.07) is 20.5. The van der Waals surface area contributed by atoms with Gasteiger partial charge in [-0.1, -0.05) is 30.3 Å². The second kappa shape index (κ2) is 13.0. The number of hydrazone groups is 1. The summed E-state index contributed by atoms with van der Waals surface area (Å²) in [6.45, 7) is 6.02. The molecule has 3 aromatic rings. The summed E-state index contributed by atoms with van der Waals surface area (Å²) in [5.41, 5.74) is 6.14. The average molecular weight is 502 g/mol. The maximum Gasteiger partial charge on any atom is 0.287 e. The first-order valence-electron chi connectivity index (χ1n) is 12.0. The molecule has 7 nitrogen and oxygen atoms in total. The highest BCUT2D eigenvalue weighted by Crippen LogP contribution is 2.16. The van der Waals surface area contributed by atoms with Crippen LogP contribution in [0.15, 0.2) is 83.6 Å². The molecule has 0 aromatic heterocycles. The van der Waals surface area contributed by atoms with Gasteiger partial charge in [-0.15, -0.1) is 0 Å². The molecule has 192 valence electrons. The summed E-state index contributed by atoms with van der Waals surface area (Å²) >= 11 is 0. The minimum Gasteiger partial charge on any atom is -0.378 e. The fourth-order valence-corrected chi connectivity index (χ4v) is 3.60. The number of hydrogen-bond donors (Lipinski definition) is 2. The monoisotopic (exact) mass is 501 g/mol. The van der Waals surface area contributed by atoms with Crippen LogP contribution in [0.5, 0.6) is 0 Å². The molecule has 3 rings (SSSR count). The van der Waals surface area contributed by atoms with E-state index in [1.807, 2.05) is 67.5 Å². The Hall–Kier alpha value is -4.46. The number of carbonyl (C=O) groups excluding carboxylic acids is 2. The molecule has 0 aliphatic rings. The number of benzene rings is 3. The molecule has 0 spiro atoms. The molecular formula is C29H32FN5O2. The van der Waals surface area contributed by atoms with Crippen LogP contribution in [0.4, 0.5) is 15.8 Å². The first kappa shape index (κ1) is 27.1. The minimum atomic E-state index is -0.613. The van der Waals surface area contributed by atoms with Crippen molar-refractivity contribution in [2.24, 2.45) is 5.10 Å². The topological polar surface area (TPSA) is 77.0 Å². The lowest BCUT2D eigenvalue weighted by atomic mass is 10.1. The molecule has 0 saturated carbocycles. The number of halogens is 1. The zero-order valence-corrected chi connectivity index (χ0v) is 21.5. The molecule has 2 N–H and O–H groups in total. The van der Waals surface area contributed by atoms with Gasteiger partial charge >= 0.3 is 0 Å². The van der Waals surface area contributed by atoms with E-state index in [1.165, 1.54) is 24.4 Å². The van der Waals surface area contributed by atoms with Crippen molar-refractivity contribution in [3.05, 3.63) is 101 Å². The summed E-state index contributed by atoms with van der Waals surface area (Å²) in [6.07, 6.45) is 3.07. The van der Waals surface area contributed by atoms with Gasteiger partial charge in [-0.05, 0) is 73.5 Å². The summed E-state index contributed by atoms with van der Waals surface area (Å²) in [7, 11) is 3.86. The van der Waals surface area contributed by atoms with E-state index in [0.29, 0.717) is 5.56 Å². The molecule has 2 amide bonds. The lowest BCUT2D eigenvalue weighted by Crippen LogP contribution is -2.32. The Morgan fingerprint density at radius 1 is 0.892 bits per heavy atom. The molecule has 0 aliphatic carbocycles. The number of nitrogens with one attached hydrogen (secondary N) is 2. The molecule has 0 atom stereocenters. The van der Waals surface area contributed by atoms with Crippen LogP contribution in [-0.4, -0.2) is 45.2 Å². The first-order chi connectivity index (χ1) is 17.8. The SMILES string of the molecule is CCN(CC)c1ccc(C=NNC(=O)C(=Cc2ccc(N(C)C)cc2)NC(=O)c2cccc(F)c2)cc1. The van der Waals surface area contributed by atoms with E-state index in [2.05, 4.69) is 34.6 Å². The molecule has 0 heterocycles. The van der Waals surface area contributed by atoms with Crippen molar-refractivity contribution >= 4 is 35.5 Å². The quantitative estimate of drug-likeness (QED) is 0.241. The Balaban J connectivity index is 1.78. The van der Waals surface area contributed by atoms with Gasteiger partial charge in [0, 0.05) is 44.1 Å². The van der Waals surface area contributed by atoms with E-state index < -0.39 is 17.6 Å². The highest BCUT2D eigenvalue weighted by atomic mass is 19.1. The van der Waals surface area contributed by atoms with E-state index in [0.717, 1.165) is 36.1 Å². The third-order valence-corrected chi connectivity index (χ3v) is 5.70. The minimum absolute atomic E-state index is 0.0269. The zero-order valence-electron chi connectivity index (χ0n) is 21.5. The third kappa shape index (κ3) is 7.76. The van der Waals surface area contributed by atoms with Crippen molar-refractivity contribution in [1.82, 2.24) is 10.7 Å². The van der Waals surface area contributed by atoms with Crippen LogP contribution < -0.4 is 20.5 Å². The van der Waals surface area contributed by atoms with Gasteiger partial charge in [0.2, 0.25) is 0 Å². The standard InChI is InChI=1S/C29H32FN5O2/c1-5-35(6-2)26-16-12-22(13-17-26)20-31-33-29(37)27(18-21-10-14-25(15-11-21)34(3)4)32-28(36)23-8-7-9-24(30)19-23/h7-20H,5-6H2,1-4H3,(H,32,36)(H,33,37). The predicted octanol–water partition coefficient (Wildman–Crippen LogP) is 4.66. The lowest BCUT2D eigenvalue weighted by Gasteiger charge is -2.20. The largest absolute Gasteiger partial charge is 0.378 e. The van der Waals surface area contributed by atoms with Crippen LogP contribution in [-0.2, 0) is 4.79 Å². The summed E-state index contributed by atoms with van der Waals surface area (Å²) in [5, 5.41) is 6.63. The lowest BCUT2D eigenvalue weighted by molar-refractivity contribution is -0.117. The first-order valence-corrected chi connectivity index (χ1v) is 12.0. The van der Waals surface area contributed by atoms with Crippen molar-refractivity contribution in [2.45, 2.75) is 13.8 Å². The van der Waals surface area contributed by atoms with Gasteiger partial charge in [-0.2, -0.15) is 5.10 Å². The van der Waals surface area contributed by atoms with E-state index in [-0.39, 0.29) is 11.3 Å². The van der Waals surface area contributed by atoms with Gasteiger partial charge in [0.25, 0.3) is 11.8 Å². The summed E-state index contributed by atoms with van der Waals surface area (Å²) in [5.74, 6) is -1.77. The normalized spacial score (nSPS) is 11.3. The van der Waals surface area contributed by atoms with E-state index in [4.69, 9.17) is 0 Å². The summed E-state index contributed by atoms with van der Waals surface area (Å²) < 4.78 is 13.6. The van der Waals surface area contributed by atoms with E-state index in [9.17, 15) is 14.0 Å². The molecule has 0 bridgehead atoms. The Labute approximate surface area is 217 Å². The van der Waals surface area contributed by atoms with Gasteiger partial charge in [-0.25, -0.2) is 9.82 Å². The fraction of sp³-hybridized carbons (Fsp3) is 0.207. The highest BCUT2D eigenvalue weighted by molar-refractivity contribution is 6.05. The van der Waals surface area contributed by atoms with Gasteiger partial charge in [0.05, 0.1) is 6.21 Å². The second-order valence-electron chi connectivity index (χ2n) is 8.47. The Bertz CT molecular complexity index is 1260. The van der Waals surface area contributed by atoms with Crippen molar-refractivity contribution in [1.29, 1.82) is 0 Å². The molecule has 3 aromatic carbocycles. The van der Waals surface area contributed by atoms with Crippen LogP contribution in [0.3, 0.4) is 0 Å². The smallest absolute Gasteiger partial charge is 0.287 e. The van der Waals surface area contributed by atoms with Crippen LogP contribution in [0.2, 0.25) is 0 Å². The molecule has 37 heavy (non-hydrogen) atoms. The number of rotatable bonds is 10. The number of amides is 2. The van der Waals surface area contributed by atoms with Gasteiger partial charge in [0.15, 0.2) is 0 Å². The maximum atomic E-state index is 13.6. The van der Waals surface area contributed by atoms with E-state index >= 15 is 0 Å². The second-order valence-corrected chi connectivity index (χ2v) is 8.47. The van der Waals surface area contributed by atoms with Crippen LogP contribution in [0, 0.1) is 5.82 Å². The average Bonchev–Trinajstić information content (AvgIpc) is 2.90. The predicted molar refractivity (Wildman–Crippen MR) is 148 cm³/mol. The van der Waals surface area contributed by atoms with Crippen molar-refractivity contribution in [3.63, 3.8) is 0 Å². The van der Waals surface area contributed by atoms with Crippen LogP contribution in [0.1, 0.15) is 35.3 Å². The molecule has 0 unspecified atom stereocenters. The van der Waals surface area contributed by atoms with Crippen molar-refractivity contribution in [2.75, 3.05) is 37.0 Å². The van der Waals surface area contributed by atoms with Crippen molar-refractivity contribution < 1.29 is 14.0 Å². The van der Waals surface area contributed by atoms with Gasteiger partial charge in [-0.3, -0.25) is 9.59 Å². The number of nitrogens with zero attached hydrogens (tertiary/aromatic N) is 3. The van der Waals surface area contributed by atoms with Gasteiger partial charge < -0.3 is 15.1 Å². The van der Waals surface area contributed by atoms with Crippen LogP contribution >= 0.6 is 0 Å². The molecule has 0 aliphatic heterocycles. The number of anilines is 2. The third-order valence-electron chi connectivity index (χ3n) is 5.70. The summed E-state index contributed by atoms with van der Waals surface area (Å²) in [4.78, 5) is 29.9. The Morgan fingerprint density at radius 3 is 2.11 bits per heavy atom. The fourth-order valence-electron chi connectivity index (χ4n) is 3.60. The van der Waals surface area contributed by atoms with E-state index in [1.54, 1.807) is 6.08 Å². The van der Waals surface area contributed by atoms with Crippen molar-refractivity contribution in [3.8, 4) is 0 Å². The molecule has 8 heteroatoms. The Morgan fingerprint density at radius 2 is 1.51 bits per heavy atom. The molecular weight excluding hydrogens is 469 g/mol. The maximum absolute atomic E-state index is 13.6. The molecule has 0 radical (unpaired) electrons. The molecule has 0 saturated heterocycles.